The summed E-state index contributed by atoms with van der Waals surface area (Å²) in [6, 6.07) is 11.7. The summed E-state index contributed by atoms with van der Waals surface area (Å²) in [5, 5.41) is 0. The van der Waals surface area contributed by atoms with Crippen molar-refractivity contribution in [2.24, 2.45) is 0 Å². The van der Waals surface area contributed by atoms with Crippen molar-refractivity contribution >= 4 is 27.7 Å². The van der Waals surface area contributed by atoms with E-state index in [1.807, 2.05) is 13.8 Å². The second kappa shape index (κ2) is 9.97. The average molecular weight is 421 g/mol. The zero-order valence-electron chi connectivity index (χ0n) is 14.8. The lowest BCUT2D eigenvalue weighted by molar-refractivity contribution is 0.0474. The number of ketones is 1. The number of esters is 1. The number of hydrogen-bond acceptors (Lipinski definition) is 5. The first-order valence-electron chi connectivity index (χ1n) is 8.40. The van der Waals surface area contributed by atoms with Crippen molar-refractivity contribution in [3.05, 3.63) is 58.1 Å². The number of Topliss-reactive ketones (excluding diaryl/α,β-unsaturated/α-hetero) is 1. The molecule has 0 aliphatic carbocycles. The minimum absolute atomic E-state index is 0.265. The highest BCUT2D eigenvalue weighted by molar-refractivity contribution is 9.10. The Balaban J connectivity index is 2.02. The van der Waals surface area contributed by atoms with Crippen LogP contribution in [0.1, 0.15) is 41.0 Å². The largest absolute Gasteiger partial charge is 0.490 e. The van der Waals surface area contributed by atoms with Gasteiger partial charge in [0, 0.05) is 10.0 Å². The van der Waals surface area contributed by atoms with Crippen LogP contribution in [0, 0.1) is 0 Å². The summed E-state index contributed by atoms with van der Waals surface area (Å²) in [5.74, 6) is 0.211. The molecule has 2 rings (SSSR count). The molecule has 0 atom stereocenters. The Labute approximate surface area is 161 Å². The minimum atomic E-state index is -0.585. The third-order valence-corrected chi connectivity index (χ3v) is 3.97. The van der Waals surface area contributed by atoms with Gasteiger partial charge in [-0.1, -0.05) is 35.0 Å². The van der Waals surface area contributed by atoms with Crippen molar-refractivity contribution in [1.82, 2.24) is 0 Å². The van der Waals surface area contributed by atoms with E-state index in [0.717, 1.165) is 10.9 Å². The molecule has 5 nitrogen and oxygen atoms in total. The number of hydrogen-bond donors (Lipinski definition) is 0. The lowest BCUT2D eigenvalue weighted by atomic mass is 10.1. The van der Waals surface area contributed by atoms with E-state index in [0.29, 0.717) is 35.8 Å². The van der Waals surface area contributed by atoms with E-state index in [2.05, 4.69) is 15.9 Å². The van der Waals surface area contributed by atoms with Crippen LogP contribution in [0.25, 0.3) is 0 Å². The van der Waals surface area contributed by atoms with Gasteiger partial charge in [0.05, 0.1) is 18.8 Å². The van der Waals surface area contributed by atoms with Gasteiger partial charge in [-0.25, -0.2) is 4.79 Å². The molecule has 0 bridgehead atoms. The molecule has 0 aliphatic heterocycles. The summed E-state index contributed by atoms with van der Waals surface area (Å²) in [4.78, 5) is 24.3. The predicted octanol–water partition coefficient (Wildman–Crippen LogP) is 4.68. The van der Waals surface area contributed by atoms with Crippen LogP contribution >= 0.6 is 15.9 Å². The summed E-state index contributed by atoms with van der Waals surface area (Å²) in [6.45, 7) is 4.55. The van der Waals surface area contributed by atoms with Gasteiger partial charge < -0.3 is 14.2 Å². The monoisotopic (exact) mass is 420 g/mol. The Hall–Kier alpha value is -2.34. The molecule has 0 fully saturated rings. The van der Waals surface area contributed by atoms with E-state index in [1.54, 1.807) is 42.5 Å². The van der Waals surface area contributed by atoms with Gasteiger partial charge in [-0.3, -0.25) is 4.79 Å². The molecule has 2 aromatic rings. The number of rotatable bonds is 9. The van der Waals surface area contributed by atoms with Crippen molar-refractivity contribution < 1.29 is 23.8 Å². The standard InChI is InChI=1S/C20H21BrO5/c1-3-11-25-18-10-7-15(12-19(18)24-4-2)20(23)26-13-17(22)14-5-8-16(21)9-6-14/h5-10,12H,3-4,11,13H2,1-2H3. The first kappa shape index (κ1) is 20.0. The fourth-order valence-corrected chi connectivity index (χ4v) is 2.43. The average Bonchev–Trinajstić information content (AvgIpc) is 2.65. The maximum absolute atomic E-state index is 12.2. The Morgan fingerprint density at radius 1 is 0.923 bits per heavy atom. The highest BCUT2D eigenvalue weighted by atomic mass is 79.9. The van der Waals surface area contributed by atoms with Crippen LogP contribution in [0.4, 0.5) is 0 Å². The first-order chi connectivity index (χ1) is 12.5. The topological polar surface area (TPSA) is 61.8 Å². The molecule has 0 unspecified atom stereocenters. The van der Waals surface area contributed by atoms with Gasteiger partial charge in [0.25, 0.3) is 0 Å². The van der Waals surface area contributed by atoms with Gasteiger partial charge in [-0.05, 0) is 43.7 Å². The normalized spacial score (nSPS) is 10.3. The van der Waals surface area contributed by atoms with Crippen LogP contribution in [0.3, 0.4) is 0 Å². The van der Waals surface area contributed by atoms with Crippen LogP contribution < -0.4 is 9.47 Å². The molecule has 0 radical (unpaired) electrons. The predicted molar refractivity (Wildman–Crippen MR) is 102 cm³/mol. The third kappa shape index (κ3) is 5.59. The fraction of sp³-hybridized carbons (Fsp3) is 0.300. The molecule has 0 N–H and O–H groups in total. The quantitative estimate of drug-likeness (QED) is 0.435. The summed E-state index contributed by atoms with van der Waals surface area (Å²) in [7, 11) is 0. The van der Waals surface area contributed by atoms with Gasteiger partial charge in [-0.2, -0.15) is 0 Å². The summed E-state index contributed by atoms with van der Waals surface area (Å²) in [5.41, 5.74) is 0.792. The maximum Gasteiger partial charge on any atom is 0.338 e. The van der Waals surface area contributed by atoms with Crippen molar-refractivity contribution in [3.8, 4) is 11.5 Å². The molecule has 0 aromatic heterocycles. The van der Waals surface area contributed by atoms with E-state index < -0.39 is 5.97 Å². The van der Waals surface area contributed by atoms with Crippen molar-refractivity contribution in [1.29, 1.82) is 0 Å². The number of halogens is 1. The number of ether oxygens (including phenoxy) is 3. The van der Waals surface area contributed by atoms with Gasteiger partial charge in [0.2, 0.25) is 0 Å². The molecule has 138 valence electrons. The Morgan fingerprint density at radius 3 is 2.27 bits per heavy atom. The van der Waals surface area contributed by atoms with Crippen LogP contribution in [0.2, 0.25) is 0 Å². The molecular weight excluding hydrogens is 400 g/mol. The summed E-state index contributed by atoms with van der Waals surface area (Å²) in [6.07, 6.45) is 0.869. The Bertz CT molecular complexity index is 755. The maximum atomic E-state index is 12.2. The Kier molecular flexibility index (Phi) is 7.66. The highest BCUT2D eigenvalue weighted by Crippen LogP contribution is 2.29. The smallest absolute Gasteiger partial charge is 0.338 e. The molecule has 26 heavy (non-hydrogen) atoms. The van der Waals surface area contributed by atoms with Gasteiger partial charge in [0.15, 0.2) is 23.9 Å². The van der Waals surface area contributed by atoms with E-state index >= 15 is 0 Å². The van der Waals surface area contributed by atoms with Crippen LogP contribution in [0.5, 0.6) is 11.5 Å². The Morgan fingerprint density at radius 2 is 1.62 bits per heavy atom. The van der Waals surface area contributed by atoms with Crippen LogP contribution in [-0.4, -0.2) is 31.6 Å². The zero-order valence-corrected chi connectivity index (χ0v) is 16.4. The highest BCUT2D eigenvalue weighted by Gasteiger charge is 2.15. The third-order valence-electron chi connectivity index (χ3n) is 3.44. The molecule has 0 saturated heterocycles. The van der Waals surface area contributed by atoms with Gasteiger partial charge >= 0.3 is 5.97 Å². The lowest BCUT2D eigenvalue weighted by Crippen LogP contribution is -2.14. The molecule has 0 aliphatic rings. The fourth-order valence-electron chi connectivity index (χ4n) is 2.17. The SMILES string of the molecule is CCCOc1ccc(C(=O)OCC(=O)c2ccc(Br)cc2)cc1OCC. The summed E-state index contributed by atoms with van der Waals surface area (Å²) < 4.78 is 17.1. The van der Waals surface area contributed by atoms with E-state index in [-0.39, 0.29) is 12.4 Å². The van der Waals surface area contributed by atoms with Gasteiger partial charge in [-0.15, -0.1) is 0 Å². The molecule has 2 aromatic carbocycles. The molecule has 6 heteroatoms. The number of benzene rings is 2. The minimum Gasteiger partial charge on any atom is -0.490 e. The first-order valence-corrected chi connectivity index (χ1v) is 9.20. The molecule has 0 heterocycles. The zero-order chi connectivity index (χ0) is 18.9. The van der Waals surface area contributed by atoms with Crippen LogP contribution in [-0.2, 0) is 4.74 Å². The van der Waals surface area contributed by atoms with Crippen molar-refractivity contribution in [3.63, 3.8) is 0 Å². The van der Waals surface area contributed by atoms with Crippen molar-refractivity contribution in [2.45, 2.75) is 20.3 Å². The molecule has 0 spiro atoms. The second-order valence-electron chi connectivity index (χ2n) is 5.45. The van der Waals surface area contributed by atoms with Gasteiger partial charge in [0.1, 0.15) is 0 Å². The molecule has 0 saturated carbocycles. The molecular formula is C20H21BrO5. The van der Waals surface area contributed by atoms with E-state index in [1.165, 1.54) is 0 Å². The number of carbonyl (C=O) groups excluding carboxylic acids is 2. The number of carbonyl (C=O) groups is 2. The molecule has 0 amide bonds. The van der Waals surface area contributed by atoms with E-state index in [4.69, 9.17) is 14.2 Å². The van der Waals surface area contributed by atoms with Crippen LogP contribution in [0.15, 0.2) is 46.9 Å². The lowest BCUT2D eigenvalue weighted by Gasteiger charge is -2.12. The van der Waals surface area contributed by atoms with E-state index in [9.17, 15) is 9.59 Å². The van der Waals surface area contributed by atoms with Crippen molar-refractivity contribution in [2.75, 3.05) is 19.8 Å². The summed E-state index contributed by atoms with van der Waals surface area (Å²) >= 11 is 3.31. The second-order valence-corrected chi connectivity index (χ2v) is 6.36.